The first-order valence-electron chi connectivity index (χ1n) is 14.7. The van der Waals surface area contributed by atoms with Crippen LogP contribution in [0.2, 0.25) is 0 Å². The monoisotopic (exact) mass is 639 g/mol. The van der Waals surface area contributed by atoms with Crippen LogP contribution in [-0.4, -0.2) is 67.9 Å². The molecule has 3 aromatic heterocycles. The summed E-state index contributed by atoms with van der Waals surface area (Å²) in [5.74, 6) is -6.34. The molecular formula is C29H34F5N7O4. The van der Waals surface area contributed by atoms with Gasteiger partial charge in [0.1, 0.15) is 5.69 Å². The van der Waals surface area contributed by atoms with Gasteiger partial charge in [0.15, 0.2) is 11.1 Å². The average molecular weight is 640 g/mol. The van der Waals surface area contributed by atoms with Crippen molar-refractivity contribution in [3.63, 3.8) is 0 Å². The summed E-state index contributed by atoms with van der Waals surface area (Å²) in [5, 5.41) is 14.0. The van der Waals surface area contributed by atoms with Crippen molar-refractivity contribution >= 4 is 23.4 Å². The van der Waals surface area contributed by atoms with E-state index in [0.29, 0.717) is 23.6 Å². The Hall–Kier alpha value is -4.11. The number of halogens is 5. The molecule has 3 unspecified atom stereocenters. The number of esters is 1. The molecule has 5 rings (SSSR count). The van der Waals surface area contributed by atoms with E-state index in [1.807, 2.05) is 6.92 Å². The fourth-order valence-corrected chi connectivity index (χ4v) is 6.45. The van der Waals surface area contributed by atoms with Gasteiger partial charge in [-0.1, -0.05) is 0 Å². The molecule has 16 heteroatoms. The molecule has 2 aliphatic rings. The number of nitrogens with zero attached hydrogens (tertiary/aromatic N) is 5. The molecule has 1 saturated carbocycles. The van der Waals surface area contributed by atoms with Crippen molar-refractivity contribution in [2.75, 3.05) is 13.7 Å². The van der Waals surface area contributed by atoms with Gasteiger partial charge in [-0.25, -0.2) is 18.3 Å². The van der Waals surface area contributed by atoms with E-state index in [2.05, 4.69) is 25.8 Å². The van der Waals surface area contributed by atoms with Gasteiger partial charge in [-0.2, -0.15) is 23.4 Å². The Balaban J connectivity index is 1.45. The number of imidazole rings is 1. The zero-order valence-corrected chi connectivity index (χ0v) is 24.7. The van der Waals surface area contributed by atoms with Gasteiger partial charge in [-0.3, -0.25) is 19.1 Å². The minimum Gasteiger partial charge on any atom is -0.468 e. The second-order valence-corrected chi connectivity index (χ2v) is 11.8. The molecule has 11 nitrogen and oxygen atoms in total. The first-order chi connectivity index (χ1) is 21.2. The molecule has 3 aromatic rings. The maximum atomic E-state index is 14.0. The average Bonchev–Trinajstić information content (AvgIpc) is 3.63. The summed E-state index contributed by atoms with van der Waals surface area (Å²) >= 11 is 0. The summed E-state index contributed by atoms with van der Waals surface area (Å²) in [4.78, 5) is 43.8. The summed E-state index contributed by atoms with van der Waals surface area (Å²) in [6.07, 6.45) is -3.73. The van der Waals surface area contributed by atoms with Gasteiger partial charge in [0, 0.05) is 45.0 Å². The highest BCUT2D eigenvalue weighted by atomic mass is 19.4. The number of carbonyl (C=O) groups is 3. The molecule has 4 heterocycles. The molecule has 0 bridgehead atoms. The van der Waals surface area contributed by atoms with Crippen LogP contribution in [0.25, 0.3) is 5.65 Å². The lowest BCUT2D eigenvalue weighted by Crippen LogP contribution is -2.56. The Kier molecular flexibility index (Phi) is 8.86. The van der Waals surface area contributed by atoms with E-state index >= 15 is 0 Å². The molecule has 0 aromatic carbocycles. The Morgan fingerprint density at radius 3 is 2.60 bits per heavy atom. The second kappa shape index (κ2) is 12.4. The van der Waals surface area contributed by atoms with Crippen LogP contribution in [0.1, 0.15) is 73.4 Å². The summed E-state index contributed by atoms with van der Waals surface area (Å²) < 4.78 is 75.4. The number of carbonyl (C=O) groups excluding carboxylic acids is 3. The lowest BCUT2D eigenvalue weighted by atomic mass is 9.71. The van der Waals surface area contributed by atoms with E-state index in [1.54, 1.807) is 12.1 Å². The Morgan fingerprint density at radius 2 is 1.93 bits per heavy atom. The van der Waals surface area contributed by atoms with Crippen LogP contribution in [0, 0.1) is 17.3 Å². The smallest absolute Gasteiger partial charge is 0.389 e. The van der Waals surface area contributed by atoms with Crippen molar-refractivity contribution in [3.05, 3.63) is 47.7 Å². The van der Waals surface area contributed by atoms with Crippen molar-refractivity contribution in [2.45, 2.75) is 76.6 Å². The number of hydrogen-bond donors (Lipinski definition) is 2. The SMILES string of the molecule is CCn1nccc1C(=O)NC(c1cn2nc(CC3(C(=O)OC)CC(CC(F)(F)F)CNC3=O)ccc2n1)C1CCC(F)(F)CC1. The molecule has 244 valence electrons. The van der Waals surface area contributed by atoms with Gasteiger partial charge in [0.05, 0.1) is 30.7 Å². The lowest BCUT2D eigenvalue weighted by molar-refractivity contribution is -0.169. The molecule has 3 atom stereocenters. The Labute approximate surface area is 254 Å². The van der Waals surface area contributed by atoms with Crippen molar-refractivity contribution in [3.8, 4) is 0 Å². The third-order valence-corrected chi connectivity index (χ3v) is 8.68. The van der Waals surface area contributed by atoms with E-state index in [4.69, 9.17) is 4.74 Å². The van der Waals surface area contributed by atoms with Crippen LogP contribution in [0.4, 0.5) is 22.0 Å². The molecule has 2 N–H and O–H groups in total. The third-order valence-electron chi connectivity index (χ3n) is 8.68. The van der Waals surface area contributed by atoms with Crippen LogP contribution >= 0.6 is 0 Å². The first kappa shape index (κ1) is 32.3. The Morgan fingerprint density at radius 1 is 1.20 bits per heavy atom. The van der Waals surface area contributed by atoms with Crippen LogP contribution in [0.15, 0.2) is 30.6 Å². The largest absolute Gasteiger partial charge is 0.468 e. The minimum absolute atomic E-state index is 0.146. The van der Waals surface area contributed by atoms with Crippen LogP contribution in [0.5, 0.6) is 0 Å². The van der Waals surface area contributed by atoms with E-state index < -0.39 is 53.7 Å². The lowest BCUT2D eigenvalue weighted by Gasteiger charge is -2.37. The molecule has 0 spiro atoms. The van der Waals surface area contributed by atoms with Gasteiger partial charge >= 0.3 is 12.1 Å². The highest BCUT2D eigenvalue weighted by Crippen LogP contribution is 2.42. The van der Waals surface area contributed by atoms with Gasteiger partial charge in [-0.15, -0.1) is 0 Å². The number of piperidine rings is 1. The maximum absolute atomic E-state index is 14.0. The summed E-state index contributed by atoms with van der Waals surface area (Å²) in [6, 6.07) is 3.88. The highest BCUT2D eigenvalue weighted by Gasteiger charge is 2.53. The molecule has 45 heavy (non-hydrogen) atoms. The predicted molar refractivity (Wildman–Crippen MR) is 148 cm³/mol. The zero-order chi connectivity index (χ0) is 32.6. The van der Waals surface area contributed by atoms with Crippen molar-refractivity contribution < 1.29 is 41.1 Å². The highest BCUT2D eigenvalue weighted by molar-refractivity contribution is 6.03. The molecule has 2 fully saturated rings. The zero-order valence-electron chi connectivity index (χ0n) is 24.7. The van der Waals surface area contributed by atoms with E-state index in [1.165, 1.54) is 27.7 Å². The summed E-state index contributed by atoms with van der Waals surface area (Å²) in [5.41, 5.74) is -0.712. The molecule has 0 radical (unpaired) electrons. The molecular weight excluding hydrogens is 605 g/mol. The number of ether oxygens (including phenoxy) is 1. The van der Waals surface area contributed by atoms with Gasteiger partial charge in [-0.05, 0) is 56.2 Å². The van der Waals surface area contributed by atoms with Crippen molar-refractivity contribution in [1.29, 1.82) is 0 Å². The number of hydrogen-bond acceptors (Lipinski definition) is 7. The molecule has 1 aliphatic heterocycles. The summed E-state index contributed by atoms with van der Waals surface area (Å²) in [6.45, 7) is 2.04. The molecule has 2 amide bonds. The van der Waals surface area contributed by atoms with Crippen LogP contribution < -0.4 is 10.6 Å². The number of amides is 2. The van der Waals surface area contributed by atoms with E-state index in [9.17, 15) is 36.3 Å². The quantitative estimate of drug-likeness (QED) is 0.205. The fraction of sp³-hybridized carbons (Fsp3) is 0.586. The normalized spacial score (nSPS) is 23.0. The standard InChI is InChI=1S/C29H34F5N7O4/c1-3-40-21(8-11-36-40)24(42)38-23(18-6-9-28(30,31)10-7-18)20-16-41-22(37-20)5-4-19(39-41)14-27(26(44)45-2)12-17(13-29(32,33)34)15-35-25(27)43/h4-5,8,11,16-18,23H,3,6-7,9-10,12-15H2,1-2H3,(H,35,43)(H,38,42). The Bertz CT molecular complexity index is 1550. The third kappa shape index (κ3) is 6.93. The van der Waals surface area contributed by atoms with Gasteiger partial charge in [0.25, 0.3) is 5.91 Å². The number of nitrogens with one attached hydrogen (secondary N) is 2. The van der Waals surface area contributed by atoms with Gasteiger partial charge in [0.2, 0.25) is 11.8 Å². The first-order valence-corrected chi connectivity index (χ1v) is 14.7. The van der Waals surface area contributed by atoms with Gasteiger partial charge < -0.3 is 15.4 Å². The number of aromatic nitrogens is 5. The van der Waals surface area contributed by atoms with E-state index in [0.717, 1.165) is 7.11 Å². The number of methoxy groups -OCH3 is 1. The number of aryl methyl sites for hydroxylation is 1. The van der Waals surface area contributed by atoms with Crippen LogP contribution in [0.3, 0.4) is 0 Å². The topological polar surface area (TPSA) is 133 Å². The second-order valence-electron chi connectivity index (χ2n) is 11.8. The number of alkyl halides is 5. The number of fused-ring (bicyclic) bond motifs is 1. The summed E-state index contributed by atoms with van der Waals surface area (Å²) in [7, 11) is 1.06. The minimum atomic E-state index is -4.49. The molecule has 1 saturated heterocycles. The maximum Gasteiger partial charge on any atom is 0.389 e. The predicted octanol–water partition coefficient (Wildman–Crippen LogP) is 4.03. The van der Waals surface area contributed by atoms with Crippen LogP contribution in [-0.2, 0) is 27.3 Å². The fourth-order valence-electron chi connectivity index (χ4n) is 6.45. The van der Waals surface area contributed by atoms with E-state index in [-0.39, 0.29) is 56.7 Å². The number of rotatable bonds is 9. The van der Waals surface area contributed by atoms with Crippen molar-refractivity contribution in [1.82, 2.24) is 35.0 Å². The van der Waals surface area contributed by atoms with Crippen molar-refractivity contribution in [2.24, 2.45) is 17.3 Å². The molecule has 1 aliphatic carbocycles.